The lowest BCUT2D eigenvalue weighted by Crippen LogP contribution is -2.52. The van der Waals surface area contributed by atoms with E-state index in [9.17, 15) is 14.4 Å². The molecule has 0 radical (unpaired) electrons. The fourth-order valence-corrected chi connectivity index (χ4v) is 6.40. The maximum Gasteiger partial charge on any atom is 0.338 e. The van der Waals surface area contributed by atoms with Gasteiger partial charge in [0.15, 0.2) is 0 Å². The first-order valence-corrected chi connectivity index (χ1v) is 14.9. The highest BCUT2D eigenvalue weighted by molar-refractivity contribution is 5.90. The monoisotopic (exact) mass is 586 g/mol. The molecular weight excluding hydrogens is 540 g/mol. The minimum Gasteiger partial charge on any atom is -0.458 e. The molecule has 3 rings (SSSR count). The molecule has 230 valence electrons. The molecule has 3 aromatic carbocycles. The van der Waals surface area contributed by atoms with E-state index in [1.165, 1.54) is 0 Å². The average Bonchev–Trinajstić information content (AvgIpc) is 2.95. The summed E-state index contributed by atoms with van der Waals surface area (Å²) in [5, 5.41) is 0. The Kier molecular flexibility index (Phi) is 10.6. The van der Waals surface area contributed by atoms with Crippen molar-refractivity contribution in [3.8, 4) is 0 Å². The zero-order valence-corrected chi connectivity index (χ0v) is 26.8. The molecule has 0 fully saturated rings. The maximum atomic E-state index is 13.5. The number of hydrogen-bond donors (Lipinski definition) is 0. The van der Waals surface area contributed by atoms with Crippen LogP contribution in [0.2, 0.25) is 0 Å². The zero-order chi connectivity index (χ0) is 31.9. The van der Waals surface area contributed by atoms with Crippen molar-refractivity contribution in [3.63, 3.8) is 0 Å². The second kappa shape index (κ2) is 13.6. The van der Waals surface area contributed by atoms with E-state index in [1.807, 2.05) is 59.7 Å². The zero-order valence-electron chi connectivity index (χ0n) is 26.8. The molecule has 0 aliphatic heterocycles. The van der Waals surface area contributed by atoms with E-state index in [4.69, 9.17) is 14.2 Å². The van der Waals surface area contributed by atoms with Gasteiger partial charge in [-0.15, -0.1) is 0 Å². The lowest BCUT2D eigenvalue weighted by Gasteiger charge is -2.49. The Morgan fingerprint density at radius 2 is 0.907 bits per heavy atom. The summed E-state index contributed by atoms with van der Waals surface area (Å²) in [5.74, 6) is -1.25. The molecule has 2 unspecified atom stereocenters. The average molecular weight is 587 g/mol. The first kappa shape index (κ1) is 33.6. The van der Waals surface area contributed by atoms with Crippen molar-refractivity contribution >= 4 is 17.9 Å². The van der Waals surface area contributed by atoms with Gasteiger partial charge in [-0.25, -0.2) is 14.4 Å². The highest BCUT2D eigenvalue weighted by Gasteiger charge is 2.50. The number of benzene rings is 3. The summed E-state index contributed by atoms with van der Waals surface area (Å²) in [5.41, 5.74) is -1.63. The van der Waals surface area contributed by atoms with Crippen LogP contribution in [0.1, 0.15) is 106 Å². The van der Waals surface area contributed by atoms with E-state index in [0.29, 0.717) is 36.0 Å². The van der Waals surface area contributed by atoms with Gasteiger partial charge < -0.3 is 14.2 Å². The predicted octanol–water partition coefficient (Wildman–Crippen LogP) is 8.71. The molecule has 3 aromatic rings. The van der Waals surface area contributed by atoms with Crippen molar-refractivity contribution in [3.05, 3.63) is 108 Å². The van der Waals surface area contributed by atoms with Crippen LogP contribution < -0.4 is 0 Å². The number of rotatable bonds is 13. The predicted molar refractivity (Wildman–Crippen MR) is 169 cm³/mol. The van der Waals surface area contributed by atoms with Crippen molar-refractivity contribution < 1.29 is 28.6 Å². The molecule has 6 heteroatoms. The van der Waals surface area contributed by atoms with Crippen LogP contribution in [0.3, 0.4) is 0 Å². The van der Waals surface area contributed by atoms with Gasteiger partial charge in [0.05, 0.1) is 16.7 Å². The molecule has 0 bridgehead atoms. The Morgan fingerprint density at radius 3 is 1.28 bits per heavy atom. The fourth-order valence-electron chi connectivity index (χ4n) is 6.40. The van der Waals surface area contributed by atoms with Crippen LogP contribution in [0, 0.1) is 10.8 Å². The minimum absolute atomic E-state index is 0.407. The molecule has 43 heavy (non-hydrogen) atoms. The summed E-state index contributed by atoms with van der Waals surface area (Å²) < 4.78 is 18.4. The minimum atomic E-state index is -0.877. The van der Waals surface area contributed by atoms with Crippen LogP contribution in [0.4, 0.5) is 0 Å². The van der Waals surface area contributed by atoms with Crippen molar-refractivity contribution in [2.75, 3.05) is 0 Å². The molecule has 0 N–H and O–H groups in total. The van der Waals surface area contributed by atoms with Crippen LogP contribution >= 0.6 is 0 Å². The summed E-state index contributed by atoms with van der Waals surface area (Å²) >= 11 is 0. The van der Waals surface area contributed by atoms with E-state index < -0.39 is 46.0 Å². The van der Waals surface area contributed by atoms with E-state index in [2.05, 4.69) is 13.8 Å². The van der Waals surface area contributed by atoms with Crippen molar-refractivity contribution in [2.45, 2.75) is 92.0 Å². The van der Waals surface area contributed by atoms with Crippen molar-refractivity contribution in [1.82, 2.24) is 0 Å². The van der Waals surface area contributed by atoms with Gasteiger partial charge in [0.25, 0.3) is 0 Å². The topological polar surface area (TPSA) is 78.9 Å². The highest BCUT2D eigenvalue weighted by atomic mass is 16.6. The SMILES string of the molecule is CCC(C)(CC(C)(C)OC(=O)c1ccccc1)C(OC(=O)c1ccccc1)C(C)(C)CC(C)(C)OC(=O)c1ccccc1. The summed E-state index contributed by atoms with van der Waals surface area (Å²) in [6.45, 7) is 15.7. The Bertz CT molecular complexity index is 1360. The third kappa shape index (κ3) is 9.28. The quantitative estimate of drug-likeness (QED) is 0.147. The van der Waals surface area contributed by atoms with Gasteiger partial charge in [-0.2, -0.15) is 0 Å². The second-order valence-electron chi connectivity index (χ2n) is 13.5. The van der Waals surface area contributed by atoms with E-state index >= 15 is 0 Å². The molecule has 0 amide bonds. The van der Waals surface area contributed by atoms with Gasteiger partial charge in [0.1, 0.15) is 17.3 Å². The van der Waals surface area contributed by atoms with Gasteiger partial charge >= 0.3 is 17.9 Å². The number of carbonyl (C=O) groups is 3. The molecule has 2 atom stereocenters. The number of ether oxygens (including phenoxy) is 3. The van der Waals surface area contributed by atoms with E-state index in [1.54, 1.807) is 72.8 Å². The van der Waals surface area contributed by atoms with E-state index in [0.717, 1.165) is 0 Å². The summed E-state index contributed by atoms with van der Waals surface area (Å²) in [4.78, 5) is 39.5. The largest absolute Gasteiger partial charge is 0.458 e. The molecule has 0 heterocycles. The van der Waals surface area contributed by atoms with Crippen LogP contribution in [-0.2, 0) is 14.2 Å². The first-order chi connectivity index (χ1) is 20.1. The highest BCUT2D eigenvalue weighted by Crippen LogP contribution is 2.48. The Hall–Kier alpha value is -3.93. The molecule has 0 aromatic heterocycles. The summed E-state index contributed by atoms with van der Waals surface area (Å²) in [6.07, 6.45) is 0.849. The molecular formula is C37H46O6. The summed E-state index contributed by atoms with van der Waals surface area (Å²) in [6, 6.07) is 26.7. The van der Waals surface area contributed by atoms with Crippen molar-refractivity contribution in [2.24, 2.45) is 10.8 Å². The smallest absolute Gasteiger partial charge is 0.338 e. The van der Waals surface area contributed by atoms with Crippen LogP contribution in [0.5, 0.6) is 0 Å². The van der Waals surface area contributed by atoms with Gasteiger partial charge in [0.2, 0.25) is 0 Å². The molecule has 0 saturated heterocycles. The second-order valence-corrected chi connectivity index (χ2v) is 13.5. The Labute approximate surface area is 256 Å². The number of esters is 3. The number of carbonyl (C=O) groups excluding carboxylic acids is 3. The van der Waals surface area contributed by atoms with Crippen LogP contribution in [0.25, 0.3) is 0 Å². The molecule has 0 aliphatic rings. The maximum absolute atomic E-state index is 13.5. The first-order valence-electron chi connectivity index (χ1n) is 14.9. The molecule has 0 spiro atoms. The standard InChI is InChI=1S/C37H46O6/c1-9-37(8,26-36(6,7)43-32(40)29-23-17-12-18-24-29)33(41-30(38)27-19-13-10-14-20-27)34(2,3)25-35(4,5)42-31(39)28-21-15-11-16-22-28/h10-24,33H,9,25-26H2,1-8H3. The number of hydrogen-bond acceptors (Lipinski definition) is 6. The third-order valence-corrected chi connectivity index (χ3v) is 7.85. The summed E-state index contributed by atoms with van der Waals surface area (Å²) in [7, 11) is 0. The third-order valence-electron chi connectivity index (χ3n) is 7.85. The van der Waals surface area contributed by atoms with Gasteiger partial charge in [-0.05, 0) is 83.4 Å². The van der Waals surface area contributed by atoms with Crippen LogP contribution in [-0.4, -0.2) is 35.2 Å². The van der Waals surface area contributed by atoms with E-state index in [-0.39, 0.29) is 0 Å². The Balaban J connectivity index is 1.93. The van der Waals surface area contributed by atoms with Crippen LogP contribution in [0.15, 0.2) is 91.0 Å². The lowest BCUT2D eigenvalue weighted by atomic mass is 9.62. The molecule has 0 aliphatic carbocycles. The normalized spacial score (nSPS) is 14.2. The fraction of sp³-hybridized carbons (Fsp3) is 0.432. The lowest BCUT2D eigenvalue weighted by molar-refractivity contribution is -0.120. The Morgan fingerprint density at radius 1 is 0.558 bits per heavy atom. The molecule has 0 saturated carbocycles. The van der Waals surface area contributed by atoms with Crippen molar-refractivity contribution in [1.29, 1.82) is 0 Å². The van der Waals surface area contributed by atoms with Gasteiger partial charge in [-0.3, -0.25) is 0 Å². The molecule has 6 nitrogen and oxygen atoms in total. The van der Waals surface area contributed by atoms with Gasteiger partial charge in [-0.1, -0.05) is 82.3 Å². The van der Waals surface area contributed by atoms with Gasteiger partial charge in [0, 0.05) is 10.8 Å².